The van der Waals surface area contributed by atoms with Crippen LogP contribution >= 0.6 is 11.3 Å². The lowest BCUT2D eigenvalue weighted by molar-refractivity contribution is 0.297. The maximum atomic E-state index is 6.13. The molecule has 0 saturated carbocycles. The van der Waals surface area contributed by atoms with Gasteiger partial charge in [-0.15, -0.1) is 0 Å². The number of hydrazone groups is 1. The number of nitrogens with zero attached hydrogens (tertiary/aromatic N) is 3. The van der Waals surface area contributed by atoms with Gasteiger partial charge in [0.2, 0.25) is 5.13 Å². The minimum absolute atomic E-state index is 0.600. The summed E-state index contributed by atoms with van der Waals surface area (Å²) in [6, 6.07) is 21.0. The molecule has 0 bridgehead atoms. The van der Waals surface area contributed by atoms with Crippen LogP contribution in [0.3, 0.4) is 0 Å². The Labute approximate surface area is 203 Å². The summed E-state index contributed by atoms with van der Waals surface area (Å²) in [5, 5.41) is 6.52. The van der Waals surface area contributed by atoms with E-state index in [2.05, 4.69) is 90.2 Å². The van der Waals surface area contributed by atoms with Crippen LogP contribution in [0.5, 0.6) is 5.75 Å². The molecule has 1 N–H and O–H groups in total. The van der Waals surface area contributed by atoms with Gasteiger partial charge in [0.1, 0.15) is 12.4 Å². The average Bonchev–Trinajstić information content (AvgIpc) is 3.34. The van der Waals surface area contributed by atoms with Gasteiger partial charge in [-0.25, -0.2) is 4.98 Å². The Morgan fingerprint density at radius 3 is 2.62 bits per heavy atom. The number of hydrogen-bond donors (Lipinski definition) is 1. The number of benzene rings is 3. The first-order chi connectivity index (χ1) is 16.5. The molecule has 0 unspecified atom stereocenters. The van der Waals surface area contributed by atoms with Gasteiger partial charge < -0.3 is 9.30 Å². The maximum Gasteiger partial charge on any atom is 0.204 e. The fourth-order valence-electron chi connectivity index (χ4n) is 4.35. The number of ether oxygens (including phenoxy) is 1. The Balaban J connectivity index is 1.38. The minimum Gasteiger partial charge on any atom is -0.491 e. The quantitative estimate of drug-likeness (QED) is 0.206. The molecule has 172 valence electrons. The summed E-state index contributed by atoms with van der Waals surface area (Å²) in [5.74, 6) is 0.942. The second-order valence-corrected chi connectivity index (χ2v) is 9.68. The number of aryl methyl sites for hydroxylation is 3. The molecule has 5 nitrogen and oxygen atoms in total. The van der Waals surface area contributed by atoms with Gasteiger partial charge in [-0.1, -0.05) is 52.8 Å². The summed E-state index contributed by atoms with van der Waals surface area (Å²) in [6.07, 6.45) is 1.91. The molecule has 0 amide bonds. The molecule has 2 heterocycles. The van der Waals surface area contributed by atoms with E-state index in [0.717, 1.165) is 33.2 Å². The zero-order valence-corrected chi connectivity index (χ0v) is 20.7. The second kappa shape index (κ2) is 9.31. The topological polar surface area (TPSA) is 51.4 Å². The molecule has 2 aromatic heterocycles. The predicted octanol–water partition coefficient (Wildman–Crippen LogP) is 7.01. The van der Waals surface area contributed by atoms with Crippen molar-refractivity contribution in [2.45, 2.75) is 34.2 Å². The molecule has 0 radical (unpaired) electrons. The third kappa shape index (κ3) is 4.41. The fraction of sp³-hybridized carbons (Fsp3) is 0.214. The first-order valence-corrected chi connectivity index (χ1v) is 12.3. The van der Waals surface area contributed by atoms with Crippen LogP contribution in [0.1, 0.15) is 27.9 Å². The van der Waals surface area contributed by atoms with Gasteiger partial charge in [0.25, 0.3) is 0 Å². The van der Waals surface area contributed by atoms with E-state index in [1.165, 1.54) is 33.3 Å². The van der Waals surface area contributed by atoms with E-state index < -0.39 is 0 Å². The maximum absolute atomic E-state index is 6.13. The van der Waals surface area contributed by atoms with E-state index in [9.17, 15) is 0 Å². The largest absolute Gasteiger partial charge is 0.491 e. The van der Waals surface area contributed by atoms with Crippen LogP contribution in [0.25, 0.3) is 21.1 Å². The molecule has 0 spiro atoms. The van der Waals surface area contributed by atoms with Crippen LogP contribution in [0.15, 0.2) is 65.8 Å². The zero-order valence-electron chi connectivity index (χ0n) is 19.9. The highest BCUT2D eigenvalue weighted by Gasteiger charge is 2.13. The van der Waals surface area contributed by atoms with E-state index >= 15 is 0 Å². The van der Waals surface area contributed by atoms with Gasteiger partial charge >= 0.3 is 0 Å². The lowest BCUT2D eigenvalue weighted by atomic mass is 10.1. The molecule has 0 aliphatic rings. The van der Waals surface area contributed by atoms with Crippen LogP contribution in [-0.4, -0.2) is 22.4 Å². The van der Waals surface area contributed by atoms with Crippen LogP contribution in [0.2, 0.25) is 0 Å². The van der Waals surface area contributed by atoms with E-state index in [0.29, 0.717) is 6.61 Å². The smallest absolute Gasteiger partial charge is 0.204 e. The van der Waals surface area contributed by atoms with Gasteiger partial charge in [-0.3, -0.25) is 5.43 Å². The molecule has 0 atom stereocenters. The molecule has 6 heteroatoms. The number of para-hydroxylation sites is 1. The van der Waals surface area contributed by atoms with Crippen molar-refractivity contribution in [1.82, 2.24) is 9.55 Å². The summed E-state index contributed by atoms with van der Waals surface area (Å²) >= 11 is 1.60. The van der Waals surface area contributed by atoms with Crippen LogP contribution in [0, 0.1) is 27.7 Å². The third-order valence-corrected chi connectivity index (χ3v) is 7.02. The number of nitrogens with one attached hydrogen (secondary N) is 1. The van der Waals surface area contributed by atoms with Crippen molar-refractivity contribution in [3.8, 4) is 5.75 Å². The van der Waals surface area contributed by atoms with Gasteiger partial charge in [0.05, 0.1) is 23.0 Å². The molecule has 0 saturated heterocycles. The normalized spacial score (nSPS) is 11.6. The molecule has 0 aliphatic heterocycles. The molecular weight excluding hydrogens is 440 g/mol. The van der Waals surface area contributed by atoms with Crippen LogP contribution < -0.4 is 10.2 Å². The van der Waals surface area contributed by atoms with E-state index in [4.69, 9.17) is 4.74 Å². The summed E-state index contributed by atoms with van der Waals surface area (Å²) in [4.78, 5) is 4.60. The Bertz CT molecular complexity index is 1480. The number of aromatic nitrogens is 2. The third-order valence-electron chi connectivity index (χ3n) is 6.08. The van der Waals surface area contributed by atoms with Gasteiger partial charge in [0, 0.05) is 22.2 Å². The number of anilines is 1. The highest BCUT2D eigenvalue weighted by Crippen LogP contribution is 2.28. The van der Waals surface area contributed by atoms with Crippen LogP contribution in [0.4, 0.5) is 5.13 Å². The molecular formula is C28H28N4OS. The molecule has 34 heavy (non-hydrogen) atoms. The van der Waals surface area contributed by atoms with Crippen molar-refractivity contribution in [2.24, 2.45) is 5.10 Å². The standard InChI is InChI=1S/C28H28N4OS/c1-18-10-12-26(20(3)15-18)33-14-13-32-21(4)23(22-16-19(2)9-11-25(22)32)17-29-31-28-30-24-7-5-6-8-27(24)34-28/h5-12,15-17H,13-14H2,1-4H3,(H,30,31)/b29-17+. The van der Waals surface area contributed by atoms with Crippen LogP contribution in [-0.2, 0) is 6.54 Å². The highest BCUT2D eigenvalue weighted by atomic mass is 32.1. The number of rotatable bonds is 7. The van der Waals surface area contributed by atoms with E-state index in [-0.39, 0.29) is 0 Å². The van der Waals surface area contributed by atoms with Crippen molar-refractivity contribution < 1.29 is 4.74 Å². The molecule has 5 aromatic rings. The van der Waals surface area contributed by atoms with Gasteiger partial charge in [-0.05, 0) is 63.6 Å². The zero-order chi connectivity index (χ0) is 23.7. The SMILES string of the molecule is Cc1ccc(OCCn2c(C)c(/C=N/Nc3nc4ccccc4s3)c3cc(C)ccc32)c(C)c1. The van der Waals surface area contributed by atoms with Gasteiger partial charge in [-0.2, -0.15) is 5.10 Å². The summed E-state index contributed by atoms with van der Waals surface area (Å²) in [5.41, 5.74) is 11.2. The predicted molar refractivity (Wildman–Crippen MR) is 144 cm³/mol. The lowest BCUT2D eigenvalue weighted by Crippen LogP contribution is -2.10. The van der Waals surface area contributed by atoms with Crippen molar-refractivity contribution in [3.05, 3.63) is 88.6 Å². The average molecular weight is 469 g/mol. The molecule has 0 fully saturated rings. The summed E-state index contributed by atoms with van der Waals surface area (Å²) in [7, 11) is 0. The monoisotopic (exact) mass is 468 g/mol. The number of fused-ring (bicyclic) bond motifs is 2. The van der Waals surface area contributed by atoms with E-state index in [1.54, 1.807) is 11.3 Å². The Morgan fingerprint density at radius 1 is 1.00 bits per heavy atom. The summed E-state index contributed by atoms with van der Waals surface area (Å²) in [6.45, 7) is 9.82. The number of thiazole rings is 1. The fourth-order valence-corrected chi connectivity index (χ4v) is 5.17. The van der Waals surface area contributed by atoms with Crippen molar-refractivity contribution in [3.63, 3.8) is 0 Å². The second-order valence-electron chi connectivity index (χ2n) is 8.65. The molecule has 3 aromatic carbocycles. The molecule has 0 aliphatic carbocycles. The minimum atomic E-state index is 0.600. The van der Waals surface area contributed by atoms with E-state index in [1.807, 2.05) is 24.4 Å². The molecule has 5 rings (SSSR count). The van der Waals surface area contributed by atoms with Crippen molar-refractivity contribution in [1.29, 1.82) is 0 Å². The lowest BCUT2D eigenvalue weighted by Gasteiger charge is -2.12. The number of hydrogen-bond acceptors (Lipinski definition) is 5. The Morgan fingerprint density at radius 2 is 1.79 bits per heavy atom. The van der Waals surface area contributed by atoms with Gasteiger partial charge in [0.15, 0.2) is 0 Å². The Hall–Kier alpha value is -3.64. The Kier molecular flexibility index (Phi) is 6.07. The first-order valence-electron chi connectivity index (χ1n) is 11.4. The van der Waals surface area contributed by atoms with Crippen molar-refractivity contribution in [2.75, 3.05) is 12.0 Å². The first kappa shape index (κ1) is 22.2. The summed E-state index contributed by atoms with van der Waals surface area (Å²) < 4.78 is 9.59. The highest BCUT2D eigenvalue weighted by molar-refractivity contribution is 7.22. The van der Waals surface area contributed by atoms with Crippen molar-refractivity contribution >= 4 is 43.8 Å².